The number of benzene rings is 1. The van der Waals surface area contributed by atoms with Crippen molar-refractivity contribution in [3.63, 3.8) is 0 Å². The molecular weight excluding hydrogens is 200 g/mol. The van der Waals surface area contributed by atoms with Gasteiger partial charge in [-0.15, -0.1) is 0 Å². The van der Waals surface area contributed by atoms with Gasteiger partial charge in [-0.25, -0.2) is 0 Å². The van der Waals surface area contributed by atoms with Gasteiger partial charge in [-0.2, -0.15) is 0 Å². The van der Waals surface area contributed by atoms with Crippen LogP contribution in [0.2, 0.25) is 0 Å². The number of hydrogen-bond acceptors (Lipinski definition) is 2. The molecule has 0 aromatic heterocycles. The predicted octanol–water partition coefficient (Wildman–Crippen LogP) is 1.92. The van der Waals surface area contributed by atoms with Crippen LogP contribution in [0.1, 0.15) is 36.2 Å². The largest absolute Gasteiger partial charge is 0.352 e. The highest BCUT2D eigenvalue weighted by Gasteiger charge is 2.04. The Balaban J connectivity index is 2.46. The molecule has 0 bridgehead atoms. The summed E-state index contributed by atoms with van der Waals surface area (Å²) in [5.41, 5.74) is 7.22. The fraction of sp³-hybridized carbons (Fsp3) is 0.462. The summed E-state index contributed by atoms with van der Waals surface area (Å²) < 4.78 is 0. The average Bonchev–Trinajstić information content (AvgIpc) is 2.28. The van der Waals surface area contributed by atoms with Gasteiger partial charge in [0.2, 0.25) is 0 Å². The molecule has 0 radical (unpaired) electrons. The predicted molar refractivity (Wildman–Crippen MR) is 66.1 cm³/mol. The maximum atomic E-state index is 11.7. The van der Waals surface area contributed by atoms with E-state index in [9.17, 15) is 4.79 Å². The zero-order valence-electron chi connectivity index (χ0n) is 9.99. The molecule has 0 atom stereocenters. The molecule has 1 aromatic carbocycles. The highest BCUT2D eigenvalue weighted by Crippen LogP contribution is 2.04. The van der Waals surface area contributed by atoms with E-state index < -0.39 is 0 Å². The van der Waals surface area contributed by atoms with Gasteiger partial charge in [0.15, 0.2) is 0 Å². The fourth-order valence-corrected chi connectivity index (χ4v) is 1.37. The van der Waals surface area contributed by atoms with Gasteiger partial charge < -0.3 is 11.1 Å². The van der Waals surface area contributed by atoms with Gasteiger partial charge in [0.1, 0.15) is 0 Å². The van der Waals surface area contributed by atoms with E-state index in [2.05, 4.69) is 19.2 Å². The zero-order chi connectivity index (χ0) is 12.0. The van der Waals surface area contributed by atoms with Crippen molar-refractivity contribution in [1.82, 2.24) is 5.32 Å². The molecule has 0 aliphatic rings. The molecule has 3 nitrogen and oxygen atoms in total. The van der Waals surface area contributed by atoms with E-state index in [1.807, 2.05) is 24.3 Å². The normalized spacial score (nSPS) is 10.5. The quantitative estimate of drug-likeness (QED) is 0.796. The highest BCUT2D eigenvalue weighted by atomic mass is 16.1. The van der Waals surface area contributed by atoms with Crippen molar-refractivity contribution in [3.8, 4) is 0 Å². The standard InChI is InChI=1S/C13H20N2O/c1-10(2)7-8-15-13(16)12-5-3-11(9-14)4-6-12/h3-6,10H,7-9,14H2,1-2H3,(H,15,16). The lowest BCUT2D eigenvalue weighted by Gasteiger charge is -2.07. The van der Waals surface area contributed by atoms with Crippen LogP contribution in [0.5, 0.6) is 0 Å². The first-order chi connectivity index (χ1) is 7.63. The van der Waals surface area contributed by atoms with Gasteiger partial charge >= 0.3 is 0 Å². The molecule has 0 aliphatic heterocycles. The summed E-state index contributed by atoms with van der Waals surface area (Å²) in [6.45, 7) is 5.52. The van der Waals surface area contributed by atoms with Crippen LogP contribution in [-0.4, -0.2) is 12.5 Å². The first-order valence-electron chi connectivity index (χ1n) is 5.70. The van der Waals surface area contributed by atoms with Crippen LogP contribution in [0.4, 0.5) is 0 Å². The van der Waals surface area contributed by atoms with Crippen LogP contribution in [0.3, 0.4) is 0 Å². The Labute approximate surface area is 97.0 Å². The van der Waals surface area contributed by atoms with E-state index in [1.165, 1.54) is 0 Å². The number of carbonyl (C=O) groups excluding carboxylic acids is 1. The van der Waals surface area contributed by atoms with E-state index in [-0.39, 0.29) is 5.91 Å². The summed E-state index contributed by atoms with van der Waals surface area (Å²) in [6.07, 6.45) is 1.01. The molecule has 3 heteroatoms. The molecule has 0 saturated carbocycles. The topological polar surface area (TPSA) is 55.1 Å². The summed E-state index contributed by atoms with van der Waals surface area (Å²) in [7, 11) is 0. The monoisotopic (exact) mass is 220 g/mol. The molecule has 0 spiro atoms. The lowest BCUT2D eigenvalue weighted by atomic mass is 10.1. The molecule has 0 saturated heterocycles. The van der Waals surface area contributed by atoms with Crippen molar-refractivity contribution in [2.75, 3.05) is 6.54 Å². The molecule has 1 aromatic rings. The number of hydrogen-bond donors (Lipinski definition) is 2. The van der Waals surface area contributed by atoms with Crippen molar-refractivity contribution in [3.05, 3.63) is 35.4 Å². The van der Waals surface area contributed by atoms with E-state index in [4.69, 9.17) is 5.73 Å². The highest BCUT2D eigenvalue weighted by molar-refractivity contribution is 5.94. The lowest BCUT2D eigenvalue weighted by molar-refractivity contribution is 0.0952. The number of nitrogens with one attached hydrogen (secondary N) is 1. The molecular formula is C13H20N2O. The van der Waals surface area contributed by atoms with Gasteiger partial charge in [0.05, 0.1) is 0 Å². The average molecular weight is 220 g/mol. The van der Waals surface area contributed by atoms with Gasteiger partial charge in [-0.3, -0.25) is 4.79 Å². The second-order valence-corrected chi connectivity index (χ2v) is 4.34. The number of nitrogens with two attached hydrogens (primary N) is 1. The number of carbonyl (C=O) groups is 1. The Bertz CT molecular complexity index is 330. The van der Waals surface area contributed by atoms with Crippen molar-refractivity contribution >= 4 is 5.91 Å². The smallest absolute Gasteiger partial charge is 0.251 e. The van der Waals surface area contributed by atoms with E-state index in [1.54, 1.807) is 0 Å². The minimum atomic E-state index is -0.00998. The fourth-order valence-electron chi connectivity index (χ4n) is 1.37. The van der Waals surface area contributed by atoms with E-state index in [0.717, 1.165) is 18.5 Å². The van der Waals surface area contributed by atoms with Crippen LogP contribution in [0.25, 0.3) is 0 Å². The van der Waals surface area contributed by atoms with Crippen LogP contribution in [-0.2, 0) is 6.54 Å². The Morgan fingerprint density at radius 1 is 1.31 bits per heavy atom. The van der Waals surface area contributed by atoms with E-state index in [0.29, 0.717) is 18.0 Å². The first kappa shape index (κ1) is 12.7. The maximum Gasteiger partial charge on any atom is 0.251 e. The summed E-state index contributed by atoms with van der Waals surface area (Å²) in [6, 6.07) is 7.40. The minimum Gasteiger partial charge on any atom is -0.352 e. The summed E-state index contributed by atoms with van der Waals surface area (Å²) in [4.78, 5) is 11.7. The van der Waals surface area contributed by atoms with Crippen molar-refractivity contribution < 1.29 is 4.79 Å². The second-order valence-electron chi connectivity index (χ2n) is 4.34. The minimum absolute atomic E-state index is 0.00998. The molecule has 16 heavy (non-hydrogen) atoms. The SMILES string of the molecule is CC(C)CCNC(=O)c1ccc(CN)cc1. The van der Waals surface area contributed by atoms with E-state index >= 15 is 0 Å². The third kappa shape index (κ3) is 4.03. The van der Waals surface area contributed by atoms with Crippen molar-refractivity contribution in [1.29, 1.82) is 0 Å². The molecule has 0 heterocycles. The Kier molecular flexibility index (Phi) is 4.99. The van der Waals surface area contributed by atoms with Gasteiger partial charge in [-0.1, -0.05) is 26.0 Å². The van der Waals surface area contributed by atoms with Crippen LogP contribution >= 0.6 is 0 Å². The third-order valence-electron chi connectivity index (χ3n) is 2.46. The number of rotatable bonds is 5. The molecule has 0 aliphatic carbocycles. The lowest BCUT2D eigenvalue weighted by Crippen LogP contribution is -2.25. The van der Waals surface area contributed by atoms with Crippen molar-refractivity contribution in [2.24, 2.45) is 11.7 Å². The molecule has 1 rings (SSSR count). The summed E-state index contributed by atoms with van der Waals surface area (Å²) in [5, 5.41) is 2.90. The number of amides is 1. The van der Waals surface area contributed by atoms with Crippen molar-refractivity contribution in [2.45, 2.75) is 26.8 Å². The Morgan fingerprint density at radius 2 is 1.94 bits per heavy atom. The third-order valence-corrected chi connectivity index (χ3v) is 2.46. The van der Waals surface area contributed by atoms with Gasteiger partial charge in [-0.05, 0) is 30.0 Å². The summed E-state index contributed by atoms with van der Waals surface area (Å²) in [5.74, 6) is 0.601. The molecule has 0 fully saturated rings. The molecule has 88 valence electrons. The Morgan fingerprint density at radius 3 is 2.44 bits per heavy atom. The second kappa shape index (κ2) is 6.28. The first-order valence-corrected chi connectivity index (χ1v) is 5.70. The van der Waals surface area contributed by atoms with Crippen LogP contribution < -0.4 is 11.1 Å². The van der Waals surface area contributed by atoms with Crippen LogP contribution in [0, 0.1) is 5.92 Å². The maximum absolute atomic E-state index is 11.7. The summed E-state index contributed by atoms with van der Waals surface area (Å²) >= 11 is 0. The van der Waals surface area contributed by atoms with Crippen LogP contribution in [0.15, 0.2) is 24.3 Å². The Hall–Kier alpha value is -1.35. The molecule has 0 unspecified atom stereocenters. The van der Waals surface area contributed by atoms with Gasteiger partial charge in [0.25, 0.3) is 5.91 Å². The zero-order valence-corrected chi connectivity index (χ0v) is 9.99. The molecule has 3 N–H and O–H groups in total. The van der Waals surface area contributed by atoms with Gasteiger partial charge in [0, 0.05) is 18.7 Å². The molecule has 1 amide bonds.